The number of hydrogen-bond acceptors (Lipinski definition) is 3. The van der Waals surface area contributed by atoms with Gasteiger partial charge < -0.3 is 16.8 Å². The molecule has 0 radical (unpaired) electrons. The molecule has 2 aromatic carbocycles. The third kappa shape index (κ3) is 4.72. The van der Waals surface area contributed by atoms with Crippen LogP contribution in [0.3, 0.4) is 0 Å². The number of nitrogen functional groups attached to an aromatic ring is 1. The van der Waals surface area contributed by atoms with E-state index in [9.17, 15) is 0 Å². The van der Waals surface area contributed by atoms with Gasteiger partial charge in [0.15, 0.2) is 0 Å². The number of nitrogens with one attached hydrogen (secondary N) is 1. The van der Waals surface area contributed by atoms with E-state index in [2.05, 4.69) is 5.32 Å². The average Bonchev–Trinajstić information content (AvgIpc) is 2.51. The highest BCUT2D eigenvalue weighted by Crippen LogP contribution is 2.19. The van der Waals surface area contributed by atoms with Crippen LogP contribution in [0, 0.1) is 0 Å². The van der Waals surface area contributed by atoms with Crippen molar-refractivity contribution in [3.63, 3.8) is 0 Å². The molecule has 0 saturated heterocycles. The molecule has 0 aliphatic rings. The van der Waals surface area contributed by atoms with Crippen molar-refractivity contribution >= 4 is 23.0 Å². The highest BCUT2D eigenvalue weighted by atomic mass is 35.5. The Morgan fingerprint density at radius 3 is 2.67 bits per heavy atom. The Hall–Kier alpha value is -2.13. The minimum atomic E-state index is 0.723. The van der Waals surface area contributed by atoms with Gasteiger partial charge in [0.1, 0.15) is 0 Å². The topological polar surface area (TPSA) is 64.1 Å². The fourth-order valence-electron chi connectivity index (χ4n) is 2.07. The SMILES string of the molecule is N/C(=C\NCCCc1cc(Cl)ccc1N)c1ccccc1. The molecule has 110 valence electrons. The lowest BCUT2D eigenvalue weighted by atomic mass is 10.1. The number of benzene rings is 2. The zero-order valence-corrected chi connectivity index (χ0v) is 12.6. The first kappa shape index (κ1) is 15.3. The third-order valence-corrected chi connectivity index (χ3v) is 3.47. The smallest absolute Gasteiger partial charge is 0.0547 e. The van der Waals surface area contributed by atoms with Gasteiger partial charge in [0.25, 0.3) is 0 Å². The Bertz CT molecular complexity index is 609. The summed E-state index contributed by atoms with van der Waals surface area (Å²) in [5, 5.41) is 3.95. The summed E-state index contributed by atoms with van der Waals surface area (Å²) in [5.41, 5.74) is 15.5. The first-order valence-corrected chi connectivity index (χ1v) is 7.33. The first-order valence-electron chi connectivity index (χ1n) is 6.95. The van der Waals surface area contributed by atoms with Crippen LogP contribution < -0.4 is 16.8 Å². The largest absolute Gasteiger partial charge is 0.399 e. The van der Waals surface area contributed by atoms with Crippen LogP contribution in [0.4, 0.5) is 5.69 Å². The molecule has 0 aliphatic heterocycles. The second kappa shape index (κ2) is 7.60. The monoisotopic (exact) mass is 301 g/mol. The summed E-state index contributed by atoms with van der Waals surface area (Å²) in [5.74, 6) is 0. The molecule has 0 fully saturated rings. The van der Waals surface area contributed by atoms with Crippen LogP contribution >= 0.6 is 11.6 Å². The quantitative estimate of drug-likeness (QED) is 0.566. The van der Waals surface area contributed by atoms with E-state index in [1.807, 2.05) is 54.7 Å². The number of anilines is 1. The van der Waals surface area contributed by atoms with Crippen molar-refractivity contribution < 1.29 is 0 Å². The highest BCUT2D eigenvalue weighted by Gasteiger charge is 2.00. The minimum absolute atomic E-state index is 0.723. The molecule has 0 saturated carbocycles. The van der Waals surface area contributed by atoms with Crippen molar-refractivity contribution in [3.05, 3.63) is 70.9 Å². The first-order chi connectivity index (χ1) is 10.2. The highest BCUT2D eigenvalue weighted by molar-refractivity contribution is 6.30. The molecule has 3 nitrogen and oxygen atoms in total. The molecule has 0 bridgehead atoms. The lowest BCUT2D eigenvalue weighted by Crippen LogP contribution is -2.11. The van der Waals surface area contributed by atoms with E-state index >= 15 is 0 Å². The molecule has 0 unspecified atom stereocenters. The number of hydrogen-bond donors (Lipinski definition) is 3. The zero-order chi connectivity index (χ0) is 15.1. The summed E-state index contributed by atoms with van der Waals surface area (Å²) < 4.78 is 0. The molecule has 0 heterocycles. The third-order valence-electron chi connectivity index (χ3n) is 3.24. The maximum Gasteiger partial charge on any atom is 0.0547 e. The van der Waals surface area contributed by atoms with Crippen LogP contribution in [0.5, 0.6) is 0 Å². The van der Waals surface area contributed by atoms with Crippen molar-refractivity contribution in [2.45, 2.75) is 12.8 Å². The zero-order valence-electron chi connectivity index (χ0n) is 11.9. The summed E-state index contributed by atoms with van der Waals surface area (Å²) in [6, 6.07) is 15.5. The van der Waals surface area contributed by atoms with Crippen molar-refractivity contribution in [1.29, 1.82) is 0 Å². The molecule has 0 atom stereocenters. The van der Waals surface area contributed by atoms with E-state index in [1.54, 1.807) is 0 Å². The normalized spacial score (nSPS) is 11.4. The van der Waals surface area contributed by atoms with Crippen molar-refractivity contribution in [3.8, 4) is 0 Å². The predicted octanol–water partition coefficient (Wildman–Crippen LogP) is 3.40. The summed E-state index contributed by atoms with van der Waals surface area (Å²) in [6.07, 6.45) is 3.69. The van der Waals surface area contributed by atoms with Gasteiger partial charge in [0, 0.05) is 23.5 Å². The van der Waals surface area contributed by atoms with Crippen molar-refractivity contribution in [2.24, 2.45) is 5.73 Å². The molecular formula is C17H20ClN3. The second-order valence-corrected chi connectivity index (χ2v) is 5.30. The lowest BCUT2D eigenvalue weighted by molar-refractivity contribution is 0.753. The fourth-order valence-corrected chi connectivity index (χ4v) is 2.26. The Balaban J connectivity index is 1.79. The van der Waals surface area contributed by atoms with Crippen LogP contribution in [0.2, 0.25) is 5.02 Å². The number of aryl methyl sites for hydroxylation is 1. The van der Waals surface area contributed by atoms with Crippen LogP contribution in [-0.2, 0) is 6.42 Å². The van der Waals surface area contributed by atoms with Crippen molar-refractivity contribution in [1.82, 2.24) is 5.32 Å². The van der Waals surface area contributed by atoms with Crippen LogP contribution in [-0.4, -0.2) is 6.54 Å². The molecule has 0 spiro atoms. The van der Waals surface area contributed by atoms with Gasteiger partial charge in [-0.25, -0.2) is 0 Å². The summed E-state index contributed by atoms with van der Waals surface area (Å²) in [4.78, 5) is 0. The average molecular weight is 302 g/mol. The molecule has 4 heteroatoms. The summed E-state index contributed by atoms with van der Waals surface area (Å²) in [7, 11) is 0. The van der Waals surface area contributed by atoms with Gasteiger partial charge in [0.05, 0.1) is 5.70 Å². The van der Waals surface area contributed by atoms with Crippen LogP contribution in [0.25, 0.3) is 5.70 Å². The van der Waals surface area contributed by atoms with Gasteiger partial charge in [-0.15, -0.1) is 0 Å². The molecule has 2 rings (SSSR count). The van der Waals surface area contributed by atoms with Crippen LogP contribution in [0.15, 0.2) is 54.7 Å². The summed E-state index contributed by atoms with van der Waals surface area (Å²) in [6.45, 7) is 0.833. The van der Waals surface area contributed by atoms with E-state index in [1.165, 1.54) is 0 Å². The Morgan fingerprint density at radius 1 is 1.14 bits per heavy atom. The van der Waals surface area contributed by atoms with Gasteiger partial charge in [-0.2, -0.15) is 0 Å². The van der Waals surface area contributed by atoms with E-state index < -0.39 is 0 Å². The number of halogens is 1. The molecule has 0 aliphatic carbocycles. The van der Waals surface area contributed by atoms with E-state index in [0.29, 0.717) is 0 Å². The van der Waals surface area contributed by atoms with E-state index in [0.717, 1.165) is 46.9 Å². The molecule has 5 N–H and O–H groups in total. The standard InChI is InChI=1S/C17H20ClN3/c18-15-8-9-16(19)14(11-15)7-4-10-21-12-17(20)13-5-2-1-3-6-13/h1-3,5-6,8-9,11-12,21H,4,7,10,19-20H2/b17-12-. The number of rotatable bonds is 6. The maximum atomic E-state index is 5.99. The fraction of sp³-hybridized carbons (Fsp3) is 0.176. The van der Waals surface area contributed by atoms with Gasteiger partial charge >= 0.3 is 0 Å². The lowest BCUT2D eigenvalue weighted by Gasteiger charge is -2.07. The second-order valence-electron chi connectivity index (χ2n) is 4.87. The number of nitrogens with two attached hydrogens (primary N) is 2. The Labute approximate surface area is 130 Å². The molecule has 0 aromatic heterocycles. The summed E-state index contributed by atoms with van der Waals surface area (Å²) >= 11 is 5.97. The Morgan fingerprint density at radius 2 is 1.90 bits per heavy atom. The predicted molar refractivity (Wildman–Crippen MR) is 90.8 cm³/mol. The van der Waals surface area contributed by atoms with Gasteiger partial charge in [-0.1, -0.05) is 41.9 Å². The van der Waals surface area contributed by atoms with Crippen molar-refractivity contribution in [2.75, 3.05) is 12.3 Å². The molecule has 0 amide bonds. The van der Waals surface area contributed by atoms with Gasteiger partial charge in [-0.3, -0.25) is 0 Å². The molecule has 21 heavy (non-hydrogen) atoms. The minimum Gasteiger partial charge on any atom is -0.399 e. The van der Waals surface area contributed by atoms with E-state index in [4.69, 9.17) is 23.1 Å². The van der Waals surface area contributed by atoms with Gasteiger partial charge in [0.2, 0.25) is 0 Å². The molecule has 2 aromatic rings. The van der Waals surface area contributed by atoms with Crippen LogP contribution in [0.1, 0.15) is 17.5 Å². The maximum absolute atomic E-state index is 5.99. The molecular weight excluding hydrogens is 282 g/mol. The Kier molecular flexibility index (Phi) is 5.52. The van der Waals surface area contributed by atoms with Gasteiger partial charge in [-0.05, 0) is 42.2 Å². The van der Waals surface area contributed by atoms with E-state index in [-0.39, 0.29) is 0 Å².